The number of methoxy groups -OCH3 is 2. The molecular weight excluding hydrogens is 342 g/mol. The van der Waals surface area contributed by atoms with Crippen molar-refractivity contribution < 1.29 is 9.47 Å². The Bertz CT molecular complexity index is 575. The van der Waals surface area contributed by atoms with E-state index in [4.69, 9.17) is 9.47 Å². The van der Waals surface area contributed by atoms with Crippen molar-refractivity contribution in [1.29, 1.82) is 0 Å². The largest absolute Gasteiger partial charge is 0.496 e. The van der Waals surface area contributed by atoms with Gasteiger partial charge in [0, 0.05) is 26.7 Å². The van der Waals surface area contributed by atoms with Gasteiger partial charge in [-0.15, -0.1) is 0 Å². The van der Waals surface area contributed by atoms with Crippen molar-refractivity contribution in [3.8, 4) is 5.75 Å². The number of benzene rings is 2. The third kappa shape index (κ3) is 5.13. The standard InChI is InChI=1S/C18H22BrNO2/c1-21-11-10-20(13-15-6-4-3-5-7-15)14-16-8-9-18(22-2)17(19)12-16/h3-9,12H,10-11,13-14H2,1-2H3. The number of nitrogens with zero attached hydrogens (tertiary/aromatic N) is 1. The van der Waals surface area contributed by atoms with E-state index in [0.717, 1.165) is 36.5 Å². The molecule has 2 aromatic carbocycles. The van der Waals surface area contributed by atoms with Crippen LogP contribution in [-0.4, -0.2) is 32.3 Å². The van der Waals surface area contributed by atoms with Gasteiger partial charge in [-0.25, -0.2) is 0 Å². The molecular formula is C18H22BrNO2. The van der Waals surface area contributed by atoms with Gasteiger partial charge in [0.25, 0.3) is 0 Å². The van der Waals surface area contributed by atoms with Crippen LogP contribution < -0.4 is 4.74 Å². The van der Waals surface area contributed by atoms with Crippen LogP contribution in [0.25, 0.3) is 0 Å². The second kappa shape index (κ2) is 8.93. The summed E-state index contributed by atoms with van der Waals surface area (Å²) >= 11 is 3.55. The Hall–Kier alpha value is -1.36. The van der Waals surface area contributed by atoms with Crippen LogP contribution in [-0.2, 0) is 17.8 Å². The molecule has 0 aliphatic heterocycles. The predicted octanol–water partition coefficient (Wildman–Crippen LogP) is 4.11. The molecule has 0 amide bonds. The van der Waals surface area contributed by atoms with Gasteiger partial charge >= 0.3 is 0 Å². The number of hydrogen-bond donors (Lipinski definition) is 0. The maximum Gasteiger partial charge on any atom is 0.133 e. The highest BCUT2D eigenvalue weighted by Crippen LogP contribution is 2.26. The van der Waals surface area contributed by atoms with Crippen molar-refractivity contribution in [3.05, 3.63) is 64.1 Å². The number of hydrogen-bond acceptors (Lipinski definition) is 3. The third-order valence-corrected chi connectivity index (χ3v) is 4.10. The molecule has 118 valence electrons. The second-order valence-electron chi connectivity index (χ2n) is 5.16. The molecule has 0 saturated carbocycles. The Morgan fingerprint density at radius 3 is 2.32 bits per heavy atom. The lowest BCUT2D eigenvalue weighted by Gasteiger charge is -2.22. The monoisotopic (exact) mass is 363 g/mol. The predicted molar refractivity (Wildman–Crippen MR) is 93.1 cm³/mol. The molecule has 0 aliphatic carbocycles. The molecule has 2 rings (SSSR count). The minimum absolute atomic E-state index is 0.726. The van der Waals surface area contributed by atoms with Crippen LogP contribution in [0.4, 0.5) is 0 Å². The lowest BCUT2D eigenvalue weighted by Crippen LogP contribution is -2.26. The summed E-state index contributed by atoms with van der Waals surface area (Å²) in [5, 5.41) is 0. The highest BCUT2D eigenvalue weighted by atomic mass is 79.9. The van der Waals surface area contributed by atoms with Crippen molar-refractivity contribution in [2.24, 2.45) is 0 Å². The van der Waals surface area contributed by atoms with Crippen LogP contribution in [0.1, 0.15) is 11.1 Å². The summed E-state index contributed by atoms with van der Waals surface area (Å²) in [6, 6.07) is 16.7. The normalized spacial score (nSPS) is 10.9. The first-order valence-electron chi connectivity index (χ1n) is 7.30. The minimum atomic E-state index is 0.726. The Morgan fingerprint density at radius 1 is 0.955 bits per heavy atom. The third-order valence-electron chi connectivity index (χ3n) is 3.48. The molecule has 2 aromatic rings. The Labute approximate surface area is 141 Å². The second-order valence-corrected chi connectivity index (χ2v) is 6.01. The van der Waals surface area contributed by atoms with Gasteiger partial charge in [0.05, 0.1) is 18.2 Å². The van der Waals surface area contributed by atoms with Crippen LogP contribution in [0.15, 0.2) is 53.0 Å². The summed E-state index contributed by atoms with van der Waals surface area (Å²) in [7, 11) is 3.42. The molecule has 0 spiro atoms. The van der Waals surface area contributed by atoms with Crippen molar-refractivity contribution in [3.63, 3.8) is 0 Å². The van der Waals surface area contributed by atoms with Gasteiger partial charge in [0.2, 0.25) is 0 Å². The lowest BCUT2D eigenvalue weighted by molar-refractivity contribution is 0.140. The van der Waals surface area contributed by atoms with Gasteiger partial charge in [-0.3, -0.25) is 4.90 Å². The summed E-state index contributed by atoms with van der Waals surface area (Å²) in [6.45, 7) is 3.41. The molecule has 22 heavy (non-hydrogen) atoms. The molecule has 4 heteroatoms. The quantitative estimate of drug-likeness (QED) is 0.704. The van der Waals surface area contributed by atoms with E-state index in [-0.39, 0.29) is 0 Å². The van der Waals surface area contributed by atoms with E-state index in [0.29, 0.717) is 0 Å². The Kier molecular flexibility index (Phi) is 6.90. The molecule has 0 fully saturated rings. The first-order chi connectivity index (χ1) is 10.7. The fourth-order valence-electron chi connectivity index (χ4n) is 2.34. The zero-order valence-electron chi connectivity index (χ0n) is 13.1. The minimum Gasteiger partial charge on any atom is -0.496 e. The zero-order chi connectivity index (χ0) is 15.8. The van der Waals surface area contributed by atoms with Gasteiger partial charge in [-0.1, -0.05) is 36.4 Å². The van der Waals surface area contributed by atoms with Crippen LogP contribution in [0.2, 0.25) is 0 Å². The zero-order valence-corrected chi connectivity index (χ0v) is 14.7. The van der Waals surface area contributed by atoms with Gasteiger partial charge in [0.1, 0.15) is 5.75 Å². The molecule has 0 saturated heterocycles. The maximum atomic E-state index is 5.29. The summed E-state index contributed by atoms with van der Waals surface area (Å²) in [5.74, 6) is 0.857. The summed E-state index contributed by atoms with van der Waals surface area (Å²) in [4.78, 5) is 2.38. The molecule has 0 N–H and O–H groups in total. The average molecular weight is 364 g/mol. The highest BCUT2D eigenvalue weighted by molar-refractivity contribution is 9.10. The van der Waals surface area contributed by atoms with Crippen LogP contribution in [0, 0.1) is 0 Å². The molecule has 3 nitrogen and oxygen atoms in total. The SMILES string of the molecule is COCCN(Cc1ccccc1)Cc1ccc(OC)c(Br)c1. The molecule has 0 radical (unpaired) electrons. The van der Waals surface area contributed by atoms with Gasteiger partial charge < -0.3 is 9.47 Å². The van der Waals surface area contributed by atoms with Crippen LogP contribution in [0.3, 0.4) is 0 Å². The van der Waals surface area contributed by atoms with Crippen molar-refractivity contribution in [1.82, 2.24) is 4.90 Å². The molecule has 0 bridgehead atoms. The van der Waals surface area contributed by atoms with E-state index in [9.17, 15) is 0 Å². The van der Waals surface area contributed by atoms with E-state index < -0.39 is 0 Å². The molecule has 0 unspecified atom stereocenters. The Balaban J connectivity index is 2.07. The molecule has 0 aromatic heterocycles. The molecule has 0 aliphatic rings. The summed E-state index contributed by atoms with van der Waals surface area (Å²) in [6.07, 6.45) is 0. The van der Waals surface area contributed by atoms with Crippen molar-refractivity contribution in [2.75, 3.05) is 27.4 Å². The van der Waals surface area contributed by atoms with Gasteiger partial charge in [-0.2, -0.15) is 0 Å². The highest BCUT2D eigenvalue weighted by Gasteiger charge is 2.09. The summed E-state index contributed by atoms with van der Waals surface area (Å²) in [5.41, 5.74) is 2.56. The molecule has 0 atom stereocenters. The fraction of sp³-hybridized carbons (Fsp3) is 0.333. The summed E-state index contributed by atoms with van der Waals surface area (Å²) < 4.78 is 11.5. The topological polar surface area (TPSA) is 21.7 Å². The number of rotatable bonds is 8. The van der Waals surface area contributed by atoms with Crippen molar-refractivity contribution in [2.45, 2.75) is 13.1 Å². The van der Waals surface area contributed by atoms with E-state index in [2.05, 4.69) is 57.2 Å². The first-order valence-corrected chi connectivity index (χ1v) is 8.10. The van der Waals surface area contributed by atoms with Crippen LogP contribution in [0.5, 0.6) is 5.75 Å². The number of ether oxygens (including phenoxy) is 2. The first kappa shape index (κ1) is 17.0. The Morgan fingerprint density at radius 2 is 1.68 bits per heavy atom. The van der Waals surface area contributed by atoms with E-state index in [1.807, 2.05) is 12.1 Å². The van der Waals surface area contributed by atoms with Gasteiger partial charge in [-0.05, 0) is 39.2 Å². The van der Waals surface area contributed by atoms with E-state index in [1.54, 1.807) is 14.2 Å². The smallest absolute Gasteiger partial charge is 0.133 e. The maximum absolute atomic E-state index is 5.29. The van der Waals surface area contributed by atoms with E-state index >= 15 is 0 Å². The van der Waals surface area contributed by atoms with Crippen LogP contribution >= 0.6 is 15.9 Å². The van der Waals surface area contributed by atoms with Gasteiger partial charge in [0.15, 0.2) is 0 Å². The molecule has 0 heterocycles. The number of halogens is 1. The van der Waals surface area contributed by atoms with E-state index in [1.165, 1.54) is 11.1 Å². The van der Waals surface area contributed by atoms with Crippen molar-refractivity contribution >= 4 is 15.9 Å². The fourth-order valence-corrected chi connectivity index (χ4v) is 2.93. The lowest BCUT2D eigenvalue weighted by atomic mass is 10.1. The average Bonchev–Trinajstić information content (AvgIpc) is 2.54.